The zero-order valence-corrected chi connectivity index (χ0v) is 11.3. The molecule has 0 amide bonds. The van der Waals surface area contributed by atoms with Crippen LogP contribution in [0.4, 0.5) is 0 Å². The van der Waals surface area contributed by atoms with Crippen LogP contribution >= 0.6 is 23.5 Å². The molecule has 0 spiro atoms. The van der Waals surface area contributed by atoms with Crippen molar-refractivity contribution in [3.05, 3.63) is 29.8 Å². The van der Waals surface area contributed by atoms with Gasteiger partial charge in [-0.15, -0.1) is 0 Å². The molecule has 15 heavy (non-hydrogen) atoms. The summed E-state index contributed by atoms with van der Waals surface area (Å²) in [5.41, 5.74) is 1.38. The van der Waals surface area contributed by atoms with Crippen LogP contribution in [0.2, 0.25) is 0 Å². The van der Waals surface area contributed by atoms with E-state index in [0.29, 0.717) is 10.5 Å². The summed E-state index contributed by atoms with van der Waals surface area (Å²) >= 11 is 3.82. The lowest BCUT2D eigenvalue weighted by Gasteiger charge is -2.20. The quantitative estimate of drug-likeness (QED) is 0.776. The molecule has 0 aliphatic rings. The van der Waals surface area contributed by atoms with E-state index in [9.17, 15) is 0 Å². The Hall–Kier alpha value is -0.280. The van der Waals surface area contributed by atoms with Crippen molar-refractivity contribution >= 4 is 23.5 Å². The van der Waals surface area contributed by atoms with Crippen LogP contribution in [-0.4, -0.2) is 24.9 Å². The van der Waals surface area contributed by atoms with Crippen molar-refractivity contribution < 1.29 is 4.74 Å². The number of hydrogen-bond acceptors (Lipinski definition) is 3. The van der Waals surface area contributed by atoms with Crippen LogP contribution in [0, 0.1) is 0 Å². The fourth-order valence-corrected chi connectivity index (χ4v) is 3.40. The fourth-order valence-electron chi connectivity index (χ4n) is 1.52. The van der Waals surface area contributed by atoms with E-state index in [0.717, 1.165) is 5.75 Å². The standard InChI is InChI=1S/C12H18OS2/c1-9(14-3)12(15-4)10-5-7-11(13-2)8-6-10/h5-9,12H,1-4H3/t9-,12-/m1/s1. The molecule has 0 unspecified atom stereocenters. The molecule has 1 rings (SSSR count). The van der Waals surface area contributed by atoms with Gasteiger partial charge in [-0.2, -0.15) is 23.5 Å². The lowest BCUT2D eigenvalue weighted by molar-refractivity contribution is 0.414. The van der Waals surface area contributed by atoms with Gasteiger partial charge in [0.2, 0.25) is 0 Å². The topological polar surface area (TPSA) is 9.23 Å². The minimum Gasteiger partial charge on any atom is -0.497 e. The van der Waals surface area contributed by atoms with E-state index in [1.807, 2.05) is 35.7 Å². The second kappa shape index (κ2) is 6.33. The van der Waals surface area contributed by atoms with Crippen LogP contribution in [0.25, 0.3) is 0 Å². The van der Waals surface area contributed by atoms with Gasteiger partial charge in [-0.25, -0.2) is 0 Å². The van der Waals surface area contributed by atoms with Crippen molar-refractivity contribution in [1.82, 2.24) is 0 Å². The SMILES string of the molecule is COc1ccc([C@H](SC)[C@@H](C)SC)cc1. The molecule has 1 aromatic carbocycles. The van der Waals surface area contributed by atoms with Gasteiger partial charge in [-0.1, -0.05) is 19.1 Å². The van der Waals surface area contributed by atoms with Crippen molar-refractivity contribution in [3.8, 4) is 5.75 Å². The van der Waals surface area contributed by atoms with E-state index in [1.54, 1.807) is 7.11 Å². The summed E-state index contributed by atoms with van der Waals surface area (Å²) in [6.07, 6.45) is 4.33. The average molecular weight is 242 g/mol. The predicted octanol–water partition coefficient (Wildman–Crippen LogP) is 3.85. The maximum Gasteiger partial charge on any atom is 0.118 e. The van der Waals surface area contributed by atoms with Crippen LogP contribution in [0.3, 0.4) is 0 Å². The molecule has 0 heterocycles. The van der Waals surface area contributed by atoms with Crippen molar-refractivity contribution in [2.75, 3.05) is 19.6 Å². The first kappa shape index (κ1) is 12.8. The Balaban J connectivity index is 2.83. The second-order valence-electron chi connectivity index (χ2n) is 3.37. The number of ether oxygens (including phenoxy) is 1. The summed E-state index contributed by atoms with van der Waals surface area (Å²) in [7, 11) is 1.70. The van der Waals surface area contributed by atoms with Gasteiger partial charge in [-0.3, -0.25) is 0 Å². The average Bonchev–Trinajstić information content (AvgIpc) is 2.30. The van der Waals surface area contributed by atoms with E-state index >= 15 is 0 Å². The molecule has 3 heteroatoms. The van der Waals surface area contributed by atoms with E-state index in [4.69, 9.17) is 4.74 Å². The molecule has 0 saturated heterocycles. The molecule has 84 valence electrons. The maximum atomic E-state index is 5.16. The number of rotatable bonds is 5. The number of benzene rings is 1. The van der Waals surface area contributed by atoms with Crippen LogP contribution in [0.1, 0.15) is 17.7 Å². The predicted molar refractivity (Wildman–Crippen MR) is 72.2 cm³/mol. The van der Waals surface area contributed by atoms with Gasteiger partial charge in [0.1, 0.15) is 5.75 Å². The van der Waals surface area contributed by atoms with Gasteiger partial charge >= 0.3 is 0 Å². The Morgan fingerprint density at radius 2 is 1.67 bits per heavy atom. The summed E-state index contributed by atoms with van der Waals surface area (Å²) in [6.45, 7) is 2.27. The monoisotopic (exact) mass is 242 g/mol. The summed E-state index contributed by atoms with van der Waals surface area (Å²) < 4.78 is 5.16. The highest BCUT2D eigenvalue weighted by Gasteiger charge is 2.16. The Bertz CT molecular complexity index is 284. The van der Waals surface area contributed by atoms with Gasteiger partial charge < -0.3 is 4.74 Å². The molecular weight excluding hydrogens is 224 g/mol. The highest BCUT2D eigenvalue weighted by Crippen LogP contribution is 2.36. The normalized spacial score (nSPS) is 14.7. The van der Waals surface area contributed by atoms with Crippen LogP contribution < -0.4 is 4.74 Å². The van der Waals surface area contributed by atoms with Crippen molar-refractivity contribution in [1.29, 1.82) is 0 Å². The second-order valence-corrected chi connectivity index (χ2v) is 5.56. The smallest absolute Gasteiger partial charge is 0.118 e. The molecule has 1 nitrogen and oxygen atoms in total. The van der Waals surface area contributed by atoms with E-state index in [-0.39, 0.29) is 0 Å². The Morgan fingerprint density at radius 1 is 1.07 bits per heavy atom. The molecule has 0 bridgehead atoms. The largest absolute Gasteiger partial charge is 0.497 e. The Morgan fingerprint density at radius 3 is 2.07 bits per heavy atom. The number of hydrogen-bond donors (Lipinski definition) is 0. The molecule has 0 radical (unpaired) electrons. The summed E-state index contributed by atoms with van der Waals surface area (Å²) in [4.78, 5) is 0. The first-order valence-electron chi connectivity index (χ1n) is 4.92. The molecule has 0 N–H and O–H groups in total. The zero-order chi connectivity index (χ0) is 11.3. The third-order valence-electron chi connectivity index (χ3n) is 2.50. The zero-order valence-electron chi connectivity index (χ0n) is 9.69. The molecule has 1 aromatic rings. The molecular formula is C12H18OS2. The lowest BCUT2D eigenvalue weighted by atomic mass is 10.1. The third-order valence-corrected chi connectivity index (χ3v) is 4.87. The van der Waals surface area contributed by atoms with Gasteiger partial charge in [-0.05, 0) is 30.2 Å². The first-order valence-corrected chi connectivity index (χ1v) is 7.50. The van der Waals surface area contributed by atoms with Crippen LogP contribution in [-0.2, 0) is 0 Å². The van der Waals surface area contributed by atoms with Gasteiger partial charge in [0.25, 0.3) is 0 Å². The number of methoxy groups -OCH3 is 1. The van der Waals surface area contributed by atoms with Crippen molar-refractivity contribution in [2.24, 2.45) is 0 Å². The molecule has 0 aromatic heterocycles. The first-order chi connectivity index (χ1) is 7.22. The summed E-state index contributed by atoms with van der Waals surface area (Å²) in [5, 5.41) is 1.19. The fraction of sp³-hybridized carbons (Fsp3) is 0.500. The minimum absolute atomic E-state index is 0.561. The molecule has 0 fully saturated rings. The van der Waals surface area contributed by atoms with Crippen molar-refractivity contribution in [3.63, 3.8) is 0 Å². The molecule has 0 aliphatic heterocycles. The number of thioether (sulfide) groups is 2. The van der Waals surface area contributed by atoms with Crippen molar-refractivity contribution in [2.45, 2.75) is 17.4 Å². The summed E-state index contributed by atoms with van der Waals surface area (Å²) in [5.74, 6) is 0.926. The third kappa shape index (κ3) is 3.35. The Labute approximate surface area is 101 Å². The Kier molecular flexibility index (Phi) is 5.40. The van der Waals surface area contributed by atoms with Gasteiger partial charge in [0.05, 0.1) is 7.11 Å². The van der Waals surface area contributed by atoms with Crippen LogP contribution in [0.5, 0.6) is 5.75 Å². The lowest BCUT2D eigenvalue weighted by Crippen LogP contribution is -2.07. The van der Waals surface area contributed by atoms with E-state index in [2.05, 4.69) is 31.6 Å². The highest BCUT2D eigenvalue weighted by molar-refractivity contribution is 8.02. The molecule has 0 aliphatic carbocycles. The maximum absolute atomic E-state index is 5.16. The highest BCUT2D eigenvalue weighted by atomic mass is 32.2. The summed E-state index contributed by atoms with van der Waals surface area (Å²) in [6, 6.07) is 8.39. The van der Waals surface area contributed by atoms with Gasteiger partial charge in [0, 0.05) is 10.5 Å². The molecule has 2 atom stereocenters. The molecule has 0 saturated carbocycles. The van der Waals surface area contributed by atoms with E-state index < -0.39 is 0 Å². The van der Waals surface area contributed by atoms with E-state index in [1.165, 1.54) is 5.56 Å². The minimum atomic E-state index is 0.561. The van der Waals surface area contributed by atoms with Crippen LogP contribution in [0.15, 0.2) is 24.3 Å². The van der Waals surface area contributed by atoms with Gasteiger partial charge in [0.15, 0.2) is 0 Å².